The van der Waals surface area contributed by atoms with Crippen LogP contribution < -0.4 is 10.2 Å². The first-order valence-corrected chi connectivity index (χ1v) is 35.8. The van der Waals surface area contributed by atoms with Crippen LogP contribution >= 0.6 is 7.82 Å². The fourth-order valence-electron chi connectivity index (χ4n) is 9.36. The summed E-state index contributed by atoms with van der Waals surface area (Å²) in [4.78, 5) is 40.1. The quantitative estimate of drug-likeness (QED) is 0.0212. The van der Waals surface area contributed by atoms with E-state index in [4.69, 9.17) is 13.8 Å². The van der Waals surface area contributed by atoms with Gasteiger partial charge >= 0.3 is 5.97 Å². The van der Waals surface area contributed by atoms with Gasteiger partial charge in [0.05, 0.1) is 33.8 Å². The standard InChI is InChI=1S/C74H129N2O7P/c1-7-10-13-16-19-22-25-28-30-32-34-35-36-37-38-39-40-41-43-45-47-49-52-55-58-61-64-67-74(78)83-72(65-62-59-56-53-50-27-24-21-18-15-12-9-3)71(70-82-84(79,80)81-69-68-76(4,5)6)75-73(77)66-63-60-57-54-51-48-46-44-42-33-31-29-26-23-20-17-14-11-8-2/h11,14,19-20,22-23,28-31,34-35,37-38,42,44,48,51,62,65,71-72H,7-10,12-13,15-18,21,24-27,32-33,36,39-41,43,45-47,49-50,52-61,63-64,66-70H2,1-6H3,(H-,75,77,79,80)/b14-11-,22-19-,23-20-,30-28-,31-29-,35-34-,38-37-,44-42-,51-48-,65-62-. The van der Waals surface area contributed by atoms with Gasteiger partial charge in [-0.15, -0.1) is 0 Å². The molecule has 0 saturated heterocycles. The summed E-state index contributed by atoms with van der Waals surface area (Å²) in [5, 5.41) is 3.02. The number of quaternary nitrogens is 1. The fraction of sp³-hybridized carbons (Fsp3) is 0.703. The molecule has 0 aliphatic rings. The van der Waals surface area contributed by atoms with Gasteiger partial charge in [-0.2, -0.15) is 0 Å². The monoisotopic (exact) mass is 1190 g/mol. The number of likely N-dealkylation sites (N-methyl/N-ethyl adjacent to an activating group) is 1. The summed E-state index contributed by atoms with van der Waals surface area (Å²) in [5.41, 5.74) is 0. The van der Waals surface area contributed by atoms with Crippen molar-refractivity contribution in [1.82, 2.24) is 5.32 Å². The molecule has 3 atom stereocenters. The van der Waals surface area contributed by atoms with E-state index in [2.05, 4.69) is 135 Å². The molecule has 0 radical (unpaired) electrons. The predicted molar refractivity (Wildman–Crippen MR) is 362 cm³/mol. The van der Waals surface area contributed by atoms with Crippen LogP contribution in [-0.2, 0) is 27.9 Å². The first kappa shape index (κ1) is 80.4. The maximum Gasteiger partial charge on any atom is 0.306 e. The van der Waals surface area contributed by atoms with E-state index in [1.165, 1.54) is 128 Å². The van der Waals surface area contributed by atoms with Crippen LogP contribution in [0.3, 0.4) is 0 Å². The second kappa shape index (κ2) is 62.5. The molecule has 0 aromatic rings. The minimum Gasteiger partial charge on any atom is -0.756 e. The summed E-state index contributed by atoms with van der Waals surface area (Å²) in [6.07, 6.45) is 87.5. The van der Waals surface area contributed by atoms with E-state index < -0.39 is 26.6 Å². The van der Waals surface area contributed by atoms with E-state index in [0.29, 0.717) is 17.4 Å². The van der Waals surface area contributed by atoms with Gasteiger partial charge in [0.15, 0.2) is 0 Å². The number of rotatable bonds is 61. The lowest BCUT2D eigenvalue weighted by Gasteiger charge is -2.30. The van der Waals surface area contributed by atoms with E-state index in [9.17, 15) is 19.0 Å². The van der Waals surface area contributed by atoms with Gasteiger partial charge in [0.1, 0.15) is 19.3 Å². The number of nitrogens with one attached hydrogen (secondary N) is 1. The summed E-state index contributed by atoms with van der Waals surface area (Å²) in [6, 6.07) is -0.916. The van der Waals surface area contributed by atoms with Crippen molar-refractivity contribution in [2.75, 3.05) is 40.9 Å². The summed E-state index contributed by atoms with van der Waals surface area (Å²) in [6.45, 7) is 6.67. The average molecular weight is 1190 g/mol. The Morgan fingerprint density at radius 3 is 1.18 bits per heavy atom. The van der Waals surface area contributed by atoms with Gasteiger partial charge < -0.3 is 28.5 Å². The molecule has 482 valence electrons. The molecule has 10 heteroatoms. The Morgan fingerprint density at radius 1 is 0.429 bits per heavy atom. The number of unbranched alkanes of at least 4 members (excludes halogenated alkanes) is 27. The smallest absolute Gasteiger partial charge is 0.306 e. The number of carbonyl (C=O) groups excluding carboxylic acids is 2. The van der Waals surface area contributed by atoms with Crippen molar-refractivity contribution < 1.29 is 37.3 Å². The van der Waals surface area contributed by atoms with E-state index in [1.807, 2.05) is 33.3 Å². The highest BCUT2D eigenvalue weighted by atomic mass is 31.2. The molecular formula is C74H129N2O7P. The van der Waals surface area contributed by atoms with E-state index in [1.54, 1.807) is 0 Å². The maximum absolute atomic E-state index is 13.6. The van der Waals surface area contributed by atoms with Crippen molar-refractivity contribution in [2.45, 2.75) is 296 Å². The average Bonchev–Trinajstić information content (AvgIpc) is 3.64. The van der Waals surface area contributed by atoms with Gasteiger partial charge in [0.2, 0.25) is 5.91 Å². The molecule has 3 unspecified atom stereocenters. The molecule has 9 nitrogen and oxygen atoms in total. The Balaban J connectivity index is 5.15. The van der Waals surface area contributed by atoms with Crippen molar-refractivity contribution in [2.24, 2.45) is 0 Å². The molecule has 0 heterocycles. The van der Waals surface area contributed by atoms with Crippen molar-refractivity contribution in [3.63, 3.8) is 0 Å². The number of phosphoric acid groups is 1. The molecule has 0 spiro atoms. The summed E-state index contributed by atoms with van der Waals surface area (Å²) >= 11 is 0. The van der Waals surface area contributed by atoms with E-state index >= 15 is 0 Å². The van der Waals surface area contributed by atoms with Crippen LogP contribution in [0.25, 0.3) is 0 Å². The third kappa shape index (κ3) is 62.9. The van der Waals surface area contributed by atoms with Gasteiger partial charge in [0.25, 0.3) is 7.82 Å². The summed E-state index contributed by atoms with van der Waals surface area (Å²) in [7, 11) is 1.15. The number of phosphoric ester groups is 1. The van der Waals surface area contributed by atoms with Crippen LogP contribution in [0.4, 0.5) is 0 Å². The van der Waals surface area contributed by atoms with Gasteiger partial charge in [0, 0.05) is 12.8 Å². The van der Waals surface area contributed by atoms with Crippen molar-refractivity contribution in [3.8, 4) is 0 Å². The molecule has 1 N–H and O–H groups in total. The highest BCUT2D eigenvalue weighted by molar-refractivity contribution is 7.45. The number of carbonyl (C=O) groups is 2. The Kier molecular flexibility index (Phi) is 59.8. The lowest BCUT2D eigenvalue weighted by atomic mass is 10.0. The minimum absolute atomic E-state index is 0.0353. The fourth-order valence-corrected chi connectivity index (χ4v) is 10.1. The highest BCUT2D eigenvalue weighted by Crippen LogP contribution is 2.38. The number of nitrogens with zero attached hydrogens (tertiary/aromatic N) is 1. The third-order valence-corrected chi connectivity index (χ3v) is 15.6. The summed E-state index contributed by atoms with van der Waals surface area (Å²) in [5.74, 6) is -0.585. The van der Waals surface area contributed by atoms with Gasteiger partial charge in [-0.25, -0.2) is 0 Å². The molecule has 0 fully saturated rings. The van der Waals surface area contributed by atoms with Crippen LogP contribution in [0.2, 0.25) is 0 Å². The molecular weight excluding hydrogens is 1060 g/mol. The normalized spacial score (nSPS) is 14.3. The number of hydrogen-bond donors (Lipinski definition) is 1. The molecule has 0 aromatic heterocycles. The lowest BCUT2D eigenvalue weighted by molar-refractivity contribution is -0.870. The van der Waals surface area contributed by atoms with E-state index in [0.717, 1.165) is 116 Å². The second-order valence-electron chi connectivity index (χ2n) is 23.9. The highest BCUT2D eigenvalue weighted by Gasteiger charge is 2.27. The number of hydrogen-bond acceptors (Lipinski definition) is 7. The van der Waals surface area contributed by atoms with Gasteiger partial charge in [-0.05, 0) is 122 Å². The molecule has 0 bridgehead atoms. The third-order valence-electron chi connectivity index (χ3n) is 14.6. The molecule has 0 aliphatic carbocycles. The number of amides is 1. The molecule has 84 heavy (non-hydrogen) atoms. The first-order chi connectivity index (χ1) is 40.9. The molecule has 0 aliphatic heterocycles. The Labute approximate surface area is 518 Å². The Bertz CT molecular complexity index is 1850. The van der Waals surface area contributed by atoms with Crippen LogP contribution in [0, 0.1) is 0 Å². The number of esters is 1. The van der Waals surface area contributed by atoms with Crippen molar-refractivity contribution in [3.05, 3.63) is 122 Å². The second-order valence-corrected chi connectivity index (χ2v) is 25.4. The maximum atomic E-state index is 13.6. The van der Waals surface area contributed by atoms with Crippen LogP contribution in [-0.4, -0.2) is 69.4 Å². The van der Waals surface area contributed by atoms with Gasteiger partial charge in [-0.1, -0.05) is 271 Å². The van der Waals surface area contributed by atoms with Crippen LogP contribution in [0.5, 0.6) is 0 Å². The molecule has 0 rings (SSSR count). The molecule has 0 aromatic carbocycles. The molecule has 1 amide bonds. The largest absolute Gasteiger partial charge is 0.756 e. The number of allylic oxidation sites excluding steroid dienone is 19. The van der Waals surface area contributed by atoms with Crippen LogP contribution in [0.1, 0.15) is 284 Å². The zero-order chi connectivity index (χ0) is 61.4. The number of ether oxygens (including phenoxy) is 1. The van der Waals surface area contributed by atoms with Crippen molar-refractivity contribution in [1.29, 1.82) is 0 Å². The summed E-state index contributed by atoms with van der Waals surface area (Å²) < 4.78 is 30.4. The minimum atomic E-state index is -4.72. The Hall–Kier alpha value is -3.59. The lowest BCUT2D eigenvalue weighted by Crippen LogP contribution is -2.47. The SMILES string of the molecule is CC/C=C\C/C=C\C/C=C\C/C=C\C/C=C\CCCCCC(=O)NC(COP(=O)([O-])OCC[N+](C)(C)C)C(/C=C\CCCCCCCCCCCC)OC(=O)CCCCCCCCCCCCC/C=C\C/C=C\C/C=C\C/C=C\CCCCC. The topological polar surface area (TPSA) is 114 Å². The zero-order valence-corrected chi connectivity index (χ0v) is 56.0. The Morgan fingerprint density at radius 2 is 0.762 bits per heavy atom. The first-order valence-electron chi connectivity index (χ1n) is 34.3. The van der Waals surface area contributed by atoms with Crippen molar-refractivity contribution >= 4 is 19.7 Å². The zero-order valence-electron chi connectivity index (χ0n) is 55.1. The predicted octanol–water partition coefficient (Wildman–Crippen LogP) is 21.2. The van der Waals surface area contributed by atoms with Crippen LogP contribution in [0.15, 0.2) is 122 Å². The molecule has 0 saturated carbocycles. The van der Waals surface area contributed by atoms with E-state index in [-0.39, 0.29) is 31.3 Å². The van der Waals surface area contributed by atoms with Gasteiger partial charge in [-0.3, -0.25) is 14.2 Å².